The number of hydrogen-bond acceptors (Lipinski definition) is 5. The lowest BCUT2D eigenvalue weighted by Crippen LogP contribution is -2.06. The number of anilines is 1. The van der Waals surface area contributed by atoms with Crippen LogP contribution in [0.2, 0.25) is 0 Å². The molecule has 0 aliphatic heterocycles. The predicted molar refractivity (Wildman–Crippen MR) is 63.9 cm³/mol. The first-order valence-electron chi connectivity index (χ1n) is 5.11. The standard InChI is InChI=1S/C9H10ClN7/c1-5-13-8-6-4-12-16(3-2-10)7(6)14-9(11)17(8)15-5/h4H,2-3H2,1H3,(H2,11,14). The van der Waals surface area contributed by atoms with Crippen LogP contribution in [0.4, 0.5) is 5.95 Å². The average Bonchev–Trinajstić information content (AvgIpc) is 2.84. The summed E-state index contributed by atoms with van der Waals surface area (Å²) in [5.74, 6) is 1.41. The fourth-order valence-electron chi connectivity index (χ4n) is 1.80. The third-order valence-electron chi connectivity index (χ3n) is 2.50. The highest BCUT2D eigenvalue weighted by Gasteiger charge is 2.13. The van der Waals surface area contributed by atoms with Gasteiger partial charge < -0.3 is 5.73 Å². The fourth-order valence-corrected chi connectivity index (χ4v) is 1.96. The summed E-state index contributed by atoms with van der Waals surface area (Å²) < 4.78 is 3.23. The molecule has 0 aromatic carbocycles. The largest absolute Gasteiger partial charge is 0.368 e. The Bertz CT molecular complexity index is 698. The smallest absolute Gasteiger partial charge is 0.225 e. The lowest BCUT2D eigenvalue weighted by atomic mass is 10.4. The molecule has 0 spiro atoms. The Hall–Kier alpha value is -1.89. The van der Waals surface area contributed by atoms with E-state index < -0.39 is 0 Å². The monoisotopic (exact) mass is 251 g/mol. The van der Waals surface area contributed by atoms with Gasteiger partial charge in [-0.05, 0) is 6.92 Å². The Morgan fingerprint density at radius 1 is 1.35 bits per heavy atom. The molecule has 0 fully saturated rings. The van der Waals surface area contributed by atoms with Crippen molar-refractivity contribution in [1.29, 1.82) is 0 Å². The van der Waals surface area contributed by atoms with E-state index in [0.717, 1.165) is 5.39 Å². The number of hydrogen-bond donors (Lipinski definition) is 1. The molecule has 3 aromatic rings. The molecule has 3 heterocycles. The number of fused-ring (bicyclic) bond motifs is 3. The van der Waals surface area contributed by atoms with E-state index in [2.05, 4.69) is 20.2 Å². The van der Waals surface area contributed by atoms with E-state index in [4.69, 9.17) is 17.3 Å². The summed E-state index contributed by atoms with van der Waals surface area (Å²) in [6.07, 6.45) is 1.71. The lowest BCUT2D eigenvalue weighted by Gasteiger charge is -2.01. The van der Waals surface area contributed by atoms with Gasteiger partial charge in [0.25, 0.3) is 0 Å². The van der Waals surface area contributed by atoms with E-state index in [1.54, 1.807) is 10.9 Å². The third-order valence-corrected chi connectivity index (χ3v) is 2.67. The minimum atomic E-state index is 0.296. The van der Waals surface area contributed by atoms with Crippen LogP contribution in [0.3, 0.4) is 0 Å². The molecule has 0 saturated carbocycles. The molecule has 0 atom stereocenters. The summed E-state index contributed by atoms with van der Waals surface area (Å²) >= 11 is 5.70. The number of rotatable bonds is 2. The number of aromatic nitrogens is 6. The van der Waals surface area contributed by atoms with Gasteiger partial charge in [0, 0.05) is 5.88 Å². The van der Waals surface area contributed by atoms with Crippen molar-refractivity contribution in [2.75, 3.05) is 11.6 Å². The van der Waals surface area contributed by atoms with Gasteiger partial charge in [-0.1, -0.05) is 0 Å². The Morgan fingerprint density at radius 2 is 2.18 bits per heavy atom. The van der Waals surface area contributed by atoms with Gasteiger partial charge >= 0.3 is 0 Å². The molecule has 17 heavy (non-hydrogen) atoms. The predicted octanol–water partition coefficient (Wildman–Crippen LogP) is 0.603. The zero-order valence-electron chi connectivity index (χ0n) is 9.13. The van der Waals surface area contributed by atoms with Crippen LogP contribution < -0.4 is 5.73 Å². The van der Waals surface area contributed by atoms with Crippen LogP contribution in [-0.2, 0) is 6.54 Å². The SMILES string of the molecule is Cc1nc2c3cnn(CCCl)c3nc(N)n2n1. The van der Waals surface area contributed by atoms with Crippen LogP contribution in [0, 0.1) is 6.92 Å². The zero-order chi connectivity index (χ0) is 12.0. The summed E-state index contributed by atoms with van der Waals surface area (Å²) in [4.78, 5) is 8.60. The van der Waals surface area contributed by atoms with Crippen molar-refractivity contribution in [3.8, 4) is 0 Å². The molecule has 2 N–H and O–H groups in total. The quantitative estimate of drug-likeness (QED) is 0.674. The highest BCUT2D eigenvalue weighted by atomic mass is 35.5. The maximum absolute atomic E-state index is 5.84. The van der Waals surface area contributed by atoms with E-state index in [1.807, 2.05) is 6.92 Å². The van der Waals surface area contributed by atoms with E-state index >= 15 is 0 Å². The Morgan fingerprint density at radius 3 is 2.94 bits per heavy atom. The van der Waals surface area contributed by atoms with Gasteiger partial charge in [0.15, 0.2) is 11.3 Å². The second-order valence-corrected chi connectivity index (χ2v) is 4.04. The Kier molecular flexibility index (Phi) is 2.15. The molecule has 0 aliphatic rings. The molecule has 0 radical (unpaired) electrons. The first kappa shape index (κ1) is 10.3. The lowest BCUT2D eigenvalue weighted by molar-refractivity contribution is 0.680. The first-order chi connectivity index (χ1) is 8.20. The maximum atomic E-state index is 5.84. The topological polar surface area (TPSA) is 86.9 Å². The van der Waals surface area contributed by atoms with E-state index in [1.165, 1.54) is 4.52 Å². The minimum Gasteiger partial charge on any atom is -0.368 e. The van der Waals surface area contributed by atoms with Gasteiger partial charge in [0.2, 0.25) is 5.95 Å². The van der Waals surface area contributed by atoms with Gasteiger partial charge in [-0.15, -0.1) is 16.7 Å². The molecule has 0 unspecified atom stereocenters. The maximum Gasteiger partial charge on any atom is 0.225 e. The highest BCUT2D eigenvalue weighted by molar-refractivity contribution is 6.17. The molecule has 0 amide bonds. The number of halogens is 1. The van der Waals surface area contributed by atoms with Crippen molar-refractivity contribution in [2.45, 2.75) is 13.5 Å². The van der Waals surface area contributed by atoms with Crippen LogP contribution >= 0.6 is 11.6 Å². The second-order valence-electron chi connectivity index (χ2n) is 3.66. The Balaban J connectivity index is 2.41. The first-order valence-corrected chi connectivity index (χ1v) is 5.64. The summed E-state index contributed by atoms with van der Waals surface area (Å²) in [6, 6.07) is 0. The van der Waals surface area contributed by atoms with E-state index in [-0.39, 0.29) is 0 Å². The van der Waals surface area contributed by atoms with Gasteiger partial charge in [0.05, 0.1) is 18.1 Å². The van der Waals surface area contributed by atoms with Gasteiger partial charge in [-0.25, -0.2) is 9.67 Å². The molecule has 3 rings (SSSR count). The van der Waals surface area contributed by atoms with Gasteiger partial charge in [-0.3, -0.25) is 0 Å². The van der Waals surface area contributed by atoms with Gasteiger partial charge in [0.1, 0.15) is 5.82 Å². The molecule has 0 bridgehead atoms. The number of aryl methyl sites for hydroxylation is 2. The van der Waals surface area contributed by atoms with E-state index in [9.17, 15) is 0 Å². The van der Waals surface area contributed by atoms with Crippen LogP contribution in [0.1, 0.15) is 5.82 Å². The van der Waals surface area contributed by atoms with Crippen LogP contribution in [-0.4, -0.2) is 35.2 Å². The summed E-state index contributed by atoms with van der Waals surface area (Å²) in [5.41, 5.74) is 7.19. The minimum absolute atomic E-state index is 0.296. The van der Waals surface area contributed by atoms with Gasteiger partial charge in [-0.2, -0.15) is 14.6 Å². The van der Waals surface area contributed by atoms with Crippen LogP contribution in [0.25, 0.3) is 16.7 Å². The third kappa shape index (κ3) is 1.42. The van der Waals surface area contributed by atoms with E-state index in [0.29, 0.717) is 35.5 Å². The van der Waals surface area contributed by atoms with Crippen molar-refractivity contribution in [1.82, 2.24) is 29.4 Å². The van der Waals surface area contributed by atoms with Crippen LogP contribution in [0.15, 0.2) is 6.20 Å². The highest BCUT2D eigenvalue weighted by Crippen LogP contribution is 2.18. The molecule has 7 nitrogen and oxygen atoms in total. The fraction of sp³-hybridized carbons (Fsp3) is 0.333. The number of nitrogen functional groups attached to an aromatic ring is 1. The van der Waals surface area contributed by atoms with Crippen molar-refractivity contribution >= 4 is 34.2 Å². The molecule has 0 saturated heterocycles. The number of alkyl halides is 1. The zero-order valence-corrected chi connectivity index (χ0v) is 9.89. The second kappa shape index (κ2) is 3.56. The summed E-state index contributed by atoms with van der Waals surface area (Å²) in [6.45, 7) is 2.39. The van der Waals surface area contributed by atoms with Crippen molar-refractivity contribution < 1.29 is 0 Å². The van der Waals surface area contributed by atoms with Crippen molar-refractivity contribution in [3.63, 3.8) is 0 Å². The van der Waals surface area contributed by atoms with Crippen LogP contribution in [0.5, 0.6) is 0 Å². The summed E-state index contributed by atoms with van der Waals surface area (Å²) in [7, 11) is 0. The molecule has 0 aliphatic carbocycles. The number of nitrogens with two attached hydrogens (primary N) is 1. The number of nitrogens with zero attached hydrogens (tertiary/aromatic N) is 6. The summed E-state index contributed by atoms with van der Waals surface area (Å²) in [5, 5.41) is 9.22. The molecule has 3 aromatic heterocycles. The average molecular weight is 252 g/mol. The normalized spacial score (nSPS) is 11.6. The van der Waals surface area contributed by atoms with Crippen molar-refractivity contribution in [3.05, 3.63) is 12.0 Å². The molecular weight excluding hydrogens is 242 g/mol. The molecule has 88 valence electrons. The Labute approximate surface area is 101 Å². The molecular formula is C9H10ClN7. The molecule has 8 heteroatoms. The van der Waals surface area contributed by atoms with Crippen molar-refractivity contribution in [2.24, 2.45) is 0 Å².